The van der Waals surface area contributed by atoms with Crippen LogP contribution in [0.4, 0.5) is 0 Å². The van der Waals surface area contributed by atoms with Crippen LogP contribution < -0.4 is 5.32 Å². The number of thiazole rings is 1. The van der Waals surface area contributed by atoms with E-state index in [9.17, 15) is 9.59 Å². The average Bonchev–Trinajstić information content (AvgIpc) is 3.07. The van der Waals surface area contributed by atoms with E-state index in [4.69, 9.17) is 9.52 Å². The molecule has 1 amide bonds. The number of rotatable bonds is 7. The summed E-state index contributed by atoms with van der Waals surface area (Å²) in [5, 5.41) is 12.8. The Morgan fingerprint density at radius 2 is 2.38 bits per heavy atom. The second-order valence-electron chi connectivity index (χ2n) is 4.23. The molecule has 2 aromatic rings. The molecule has 6 nitrogen and oxygen atoms in total. The first-order chi connectivity index (χ1) is 10.0. The standard InChI is InChI=1S/C13H14N2O4S2/c1-8(12(18)14-6-10-3-2-4-19-10)21-13-15-9(7-20-13)5-11(16)17/h2-4,7-8H,5-6H2,1H3,(H,14,18)(H,16,17). The SMILES string of the molecule is CC(Sc1nc(CC(=O)O)cs1)C(=O)NCc1ccco1. The van der Waals surface area contributed by atoms with Gasteiger partial charge in [0.05, 0.1) is 30.2 Å². The quantitative estimate of drug-likeness (QED) is 0.758. The number of amides is 1. The molecule has 0 aliphatic rings. The van der Waals surface area contributed by atoms with Crippen molar-refractivity contribution in [3.05, 3.63) is 35.2 Å². The van der Waals surface area contributed by atoms with Crippen molar-refractivity contribution < 1.29 is 19.1 Å². The van der Waals surface area contributed by atoms with E-state index < -0.39 is 5.97 Å². The molecule has 21 heavy (non-hydrogen) atoms. The number of furan rings is 1. The second kappa shape index (κ2) is 7.28. The molecule has 0 saturated heterocycles. The van der Waals surface area contributed by atoms with Gasteiger partial charge < -0.3 is 14.8 Å². The lowest BCUT2D eigenvalue weighted by atomic mass is 10.3. The van der Waals surface area contributed by atoms with Gasteiger partial charge in [-0.25, -0.2) is 4.98 Å². The van der Waals surface area contributed by atoms with Crippen LogP contribution in [-0.4, -0.2) is 27.2 Å². The summed E-state index contributed by atoms with van der Waals surface area (Å²) in [6.07, 6.45) is 1.45. The van der Waals surface area contributed by atoms with Crippen LogP contribution in [0.2, 0.25) is 0 Å². The maximum Gasteiger partial charge on any atom is 0.309 e. The highest BCUT2D eigenvalue weighted by Gasteiger charge is 2.17. The zero-order valence-corrected chi connectivity index (χ0v) is 12.9. The molecule has 0 aromatic carbocycles. The highest BCUT2D eigenvalue weighted by atomic mass is 32.2. The molecular weight excluding hydrogens is 312 g/mol. The average molecular weight is 326 g/mol. The van der Waals surface area contributed by atoms with Gasteiger partial charge in [-0.3, -0.25) is 9.59 Å². The normalized spacial score (nSPS) is 12.0. The Hall–Kier alpha value is -1.80. The lowest BCUT2D eigenvalue weighted by Crippen LogP contribution is -2.30. The highest BCUT2D eigenvalue weighted by Crippen LogP contribution is 2.27. The maximum absolute atomic E-state index is 11.9. The number of aromatic nitrogens is 1. The van der Waals surface area contributed by atoms with Gasteiger partial charge in [0.15, 0.2) is 4.34 Å². The van der Waals surface area contributed by atoms with Gasteiger partial charge in [0, 0.05) is 5.38 Å². The maximum atomic E-state index is 11.9. The zero-order valence-electron chi connectivity index (χ0n) is 11.2. The summed E-state index contributed by atoms with van der Waals surface area (Å²) in [7, 11) is 0. The topological polar surface area (TPSA) is 92.4 Å². The van der Waals surface area contributed by atoms with Gasteiger partial charge in [-0.15, -0.1) is 11.3 Å². The number of aliphatic carboxylic acids is 1. The molecule has 1 unspecified atom stereocenters. The third-order valence-electron chi connectivity index (χ3n) is 2.53. The van der Waals surface area contributed by atoms with Crippen molar-refractivity contribution in [1.82, 2.24) is 10.3 Å². The van der Waals surface area contributed by atoms with E-state index in [0.717, 1.165) is 0 Å². The number of hydrogen-bond acceptors (Lipinski definition) is 6. The summed E-state index contributed by atoms with van der Waals surface area (Å²) in [5.74, 6) is -0.342. The fraction of sp³-hybridized carbons (Fsp3) is 0.308. The highest BCUT2D eigenvalue weighted by molar-refractivity contribution is 8.02. The number of carboxylic acid groups (broad SMARTS) is 1. The minimum absolute atomic E-state index is 0.101. The molecule has 0 fully saturated rings. The Bertz CT molecular complexity index is 609. The summed E-state index contributed by atoms with van der Waals surface area (Å²) >= 11 is 2.65. The molecule has 0 aliphatic carbocycles. The van der Waals surface area contributed by atoms with Gasteiger partial charge in [-0.05, 0) is 19.1 Å². The van der Waals surface area contributed by atoms with Crippen molar-refractivity contribution in [2.24, 2.45) is 0 Å². The van der Waals surface area contributed by atoms with Crippen molar-refractivity contribution in [3.8, 4) is 0 Å². The van der Waals surface area contributed by atoms with Crippen LogP contribution >= 0.6 is 23.1 Å². The lowest BCUT2D eigenvalue weighted by Gasteiger charge is -2.09. The predicted molar refractivity (Wildman–Crippen MR) is 79.3 cm³/mol. The monoisotopic (exact) mass is 326 g/mol. The summed E-state index contributed by atoms with van der Waals surface area (Å²) in [6.45, 7) is 2.12. The Balaban J connectivity index is 1.82. The molecule has 0 bridgehead atoms. The molecule has 0 radical (unpaired) electrons. The molecule has 1 atom stereocenters. The fourth-order valence-corrected chi connectivity index (χ4v) is 3.52. The largest absolute Gasteiger partial charge is 0.481 e. The van der Waals surface area contributed by atoms with Crippen LogP contribution in [0.25, 0.3) is 0 Å². The van der Waals surface area contributed by atoms with E-state index >= 15 is 0 Å². The molecule has 2 heterocycles. The van der Waals surface area contributed by atoms with Crippen molar-refractivity contribution in [3.63, 3.8) is 0 Å². The van der Waals surface area contributed by atoms with Crippen LogP contribution in [0, 0.1) is 0 Å². The number of carboxylic acids is 1. The van der Waals surface area contributed by atoms with Crippen LogP contribution in [-0.2, 0) is 22.6 Å². The Kier molecular flexibility index (Phi) is 5.40. The third kappa shape index (κ3) is 4.91. The molecule has 8 heteroatoms. The van der Waals surface area contributed by atoms with Gasteiger partial charge >= 0.3 is 5.97 Å². The van der Waals surface area contributed by atoms with Gasteiger partial charge in [0.2, 0.25) is 5.91 Å². The van der Waals surface area contributed by atoms with Gasteiger partial charge in [0.25, 0.3) is 0 Å². The van der Waals surface area contributed by atoms with E-state index in [2.05, 4.69) is 10.3 Å². The smallest absolute Gasteiger partial charge is 0.309 e. The number of nitrogens with zero attached hydrogens (tertiary/aromatic N) is 1. The van der Waals surface area contributed by atoms with Crippen molar-refractivity contribution >= 4 is 35.0 Å². The molecular formula is C13H14N2O4S2. The van der Waals surface area contributed by atoms with E-state index in [0.29, 0.717) is 22.3 Å². The first-order valence-electron chi connectivity index (χ1n) is 6.17. The summed E-state index contributed by atoms with van der Waals surface area (Å²) in [4.78, 5) is 26.7. The van der Waals surface area contributed by atoms with Crippen molar-refractivity contribution in [1.29, 1.82) is 0 Å². The number of carbonyl (C=O) groups is 2. The number of thioether (sulfide) groups is 1. The van der Waals surface area contributed by atoms with Gasteiger partial charge in [-0.1, -0.05) is 11.8 Å². The molecule has 2 N–H and O–H groups in total. The lowest BCUT2D eigenvalue weighted by molar-refractivity contribution is -0.136. The van der Waals surface area contributed by atoms with Crippen molar-refractivity contribution in [2.45, 2.75) is 29.5 Å². The van der Waals surface area contributed by atoms with E-state index in [1.54, 1.807) is 30.7 Å². The van der Waals surface area contributed by atoms with E-state index in [1.807, 2.05) is 0 Å². The summed E-state index contributed by atoms with van der Waals surface area (Å²) in [6, 6.07) is 3.55. The van der Waals surface area contributed by atoms with Gasteiger partial charge in [-0.2, -0.15) is 0 Å². The first-order valence-corrected chi connectivity index (χ1v) is 7.93. The van der Waals surface area contributed by atoms with E-state index in [1.165, 1.54) is 23.1 Å². The Morgan fingerprint density at radius 3 is 3.05 bits per heavy atom. The molecule has 112 valence electrons. The zero-order chi connectivity index (χ0) is 15.2. The minimum atomic E-state index is -0.916. The second-order valence-corrected chi connectivity index (χ2v) is 6.68. The summed E-state index contributed by atoms with van der Waals surface area (Å²) < 4.78 is 5.82. The Morgan fingerprint density at radius 1 is 1.57 bits per heavy atom. The number of carbonyl (C=O) groups excluding carboxylic acids is 1. The van der Waals surface area contributed by atoms with Gasteiger partial charge in [0.1, 0.15) is 5.76 Å². The van der Waals surface area contributed by atoms with Crippen LogP contribution in [0.3, 0.4) is 0 Å². The minimum Gasteiger partial charge on any atom is -0.481 e. The molecule has 2 rings (SSSR count). The predicted octanol–water partition coefficient (Wildman–Crippen LogP) is 2.16. The fourth-order valence-electron chi connectivity index (χ4n) is 1.51. The number of nitrogens with one attached hydrogen (secondary N) is 1. The molecule has 0 spiro atoms. The molecule has 0 aliphatic heterocycles. The van der Waals surface area contributed by atoms with Crippen LogP contribution in [0.15, 0.2) is 32.5 Å². The Labute approximate surface area is 129 Å². The molecule has 0 saturated carbocycles. The first kappa shape index (κ1) is 15.6. The van der Waals surface area contributed by atoms with E-state index in [-0.39, 0.29) is 17.6 Å². The molecule has 2 aromatic heterocycles. The van der Waals surface area contributed by atoms with Crippen LogP contribution in [0.5, 0.6) is 0 Å². The summed E-state index contributed by atoms with van der Waals surface area (Å²) in [5.41, 5.74) is 0.512. The third-order valence-corrected chi connectivity index (χ3v) is 4.65. The van der Waals surface area contributed by atoms with Crippen molar-refractivity contribution in [2.75, 3.05) is 0 Å². The van der Waals surface area contributed by atoms with Crippen LogP contribution in [0.1, 0.15) is 18.4 Å². The number of hydrogen-bond donors (Lipinski definition) is 2.